The molecule has 4 nitrogen and oxygen atoms in total. The number of anilines is 6. The molecule has 2 aliphatic rings. The summed E-state index contributed by atoms with van der Waals surface area (Å²) < 4.78 is 0. The highest BCUT2D eigenvalue weighted by Gasteiger charge is 2.44. The van der Waals surface area contributed by atoms with E-state index in [1.807, 2.05) is 18.2 Å². The second-order valence-corrected chi connectivity index (χ2v) is 19.3. The van der Waals surface area contributed by atoms with Gasteiger partial charge in [0.1, 0.15) is 0 Å². The highest BCUT2D eigenvalue weighted by molar-refractivity contribution is 7.00. The quantitative estimate of drug-likeness (QED) is 0.0955. The first kappa shape index (κ1) is 46.0. The highest BCUT2D eigenvalue weighted by atomic mass is 15.2. The summed E-state index contributed by atoms with van der Waals surface area (Å²) in [4.78, 5) is 15.7. The predicted molar refractivity (Wildman–Crippen MR) is 322 cm³/mol. The fourth-order valence-electron chi connectivity index (χ4n) is 11.2. The number of allylic oxidation sites excluding steroid dienone is 5. The lowest BCUT2D eigenvalue weighted by molar-refractivity contribution is 1.18. The molecule has 0 radical (unpaired) electrons. The Bertz CT molecular complexity index is 3910. The fourth-order valence-corrected chi connectivity index (χ4v) is 11.2. The SMILES string of the molecule is C=C/C=C\C(=C/C)c1ccc2c(c1)B1c3cc(-c4ccccc4)ccc3N(c3ccc(-c4ccccc4)cc3)c3cc(-c4cc(-c5ccccc5)nc(-c5ccccc5)n4)cc(c31)N2c1ccc(-c2ccccc2)cc1. The summed E-state index contributed by atoms with van der Waals surface area (Å²) in [6, 6.07) is 92.0. The van der Waals surface area contributed by atoms with Crippen molar-refractivity contribution in [3.05, 3.63) is 291 Å². The number of aromatic nitrogens is 2. The summed E-state index contributed by atoms with van der Waals surface area (Å²) in [7, 11) is 0. The summed E-state index contributed by atoms with van der Waals surface area (Å²) in [6.45, 7) is 5.97. The van der Waals surface area contributed by atoms with E-state index in [0.29, 0.717) is 5.82 Å². The largest absolute Gasteiger partial charge is 0.311 e. The third kappa shape index (κ3) is 8.44. The zero-order chi connectivity index (χ0) is 51.0. The van der Waals surface area contributed by atoms with E-state index in [-0.39, 0.29) is 6.71 Å². The zero-order valence-electron chi connectivity index (χ0n) is 42.1. The molecule has 0 unspecified atom stereocenters. The highest BCUT2D eigenvalue weighted by Crippen LogP contribution is 2.47. The topological polar surface area (TPSA) is 32.3 Å². The Morgan fingerprint density at radius 2 is 0.816 bits per heavy atom. The average molecular weight is 971 g/mol. The van der Waals surface area contributed by atoms with Gasteiger partial charge in [-0.3, -0.25) is 0 Å². The van der Waals surface area contributed by atoms with Crippen molar-refractivity contribution < 1.29 is 0 Å². The van der Waals surface area contributed by atoms with Crippen molar-refractivity contribution in [3.63, 3.8) is 0 Å². The van der Waals surface area contributed by atoms with Crippen molar-refractivity contribution in [2.45, 2.75) is 6.92 Å². The Morgan fingerprint density at radius 1 is 0.395 bits per heavy atom. The van der Waals surface area contributed by atoms with Gasteiger partial charge >= 0.3 is 0 Å². The number of hydrogen-bond donors (Lipinski definition) is 0. The first-order chi connectivity index (χ1) is 37.6. The van der Waals surface area contributed by atoms with Crippen LogP contribution in [0.15, 0.2) is 286 Å². The predicted octanol–water partition coefficient (Wildman–Crippen LogP) is 16.7. The van der Waals surface area contributed by atoms with E-state index >= 15 is 0 Å². The maximum atomic E-state index is 5.48. The number of rotatable bonds is 11. The van der Waals surface area contributed by atoms with E-state index in [4.69, 9.17) is 9.97 Å². The van der Waals surface area contributed by atoms with Gasteiger partial charge in [0, 0.05) is 50.8 Å². The van der Waals surface area contributed by atoms with Crippen molar-refractivity contribution in [1.82, 2.24) is 9.97 Å². The maximum Gasteiger partial charge on any atom is 0.252 e. The standard InChI is InChI=1S/C71H51BN4/c1-3-5-21-49(4-2)57-36-42-66-62(44-57)72-63-45-58(52-26-15-8-16-27-52)37-43-67(63)76(61-40-34-54(35-41-61)51-24-13-7-14-25-51)69-47-59(46-68(70(69)72)75(66)60-38-32-53(33-39-60)50-22-11-6-12-23-50)65-48-64(55-28-17-9-18-29-55)73-71(74-65)56-30-19-10-20-31-56/h3-48H,1H2,2H3/b21-5-,49-4+. The monoisotopic (exact) mass is 970 g/mol. The second-order valence-electron chi connectivity index (χ2n) is 19.3. The van der Waals surface area contributed by atoms with E-state index in [2.05, 4.69) is 284 Å². The summed E-state index contributed by atoms with van der Waals surface area (Å²) in [5.41, 5.74) is 24.2. The molecule has 0 N–H and O–H groups in total. The molecule has 5 heteroatoms. The molecule has 0 saturated carbocycles. The van der Waals surface area contributed by atoms with Crippen LogP contribution in [0, 0.1) is 0 Å². The Labute approximate surface area is 445 Å². The molecule has 10 aromatic carbocycles. The first-order valence-electron chi connectivity index (χ1n) is 26.0. The van der Waals surface area contributed by atoms with Crippen LogP contribution in [0.25, 0.3) is 72.9 Å². The second kappa shape index (κ2) is 19.9. The van der Waals surface area contributed by atoms with Crippen LogP contribution in [0.1, 0.15) is 12.5 Å². The lowest BCUT2D eigenvalue weighted by Gasteiger charge is -2.44. The van der Waals surface area contributed by atoms with E-state index in [9.17, 15) is 0 Å². The molecule has 0 fully saturated rings. The van der Waals surface area contributed by atoms with Crippen LogP contribution in [0.5, 0.6) is 0 Å². The molecule has 13 rings (SSSR count). The molecule has 2 aliphatic heterocycles. The Morgan fingerprint density at radius 3 is 1.32 bits per heavy atom. The molecule has 3 heterocycles. The Hall–Kier alpha value is -9.84. The minimum atomic E-state index is -0.154. The molecule has 0 atom stereocenters. The lowest BCUT2D eigenvalue weighted by Crippen LogP contribution is -2.61. The summed E-state index contributed by atoms with van der Waals surface area (Å²) in [5.74, 6) is 0.671. The van der Waals surface area contributed by atoms with Crippen LogP contribution in [0.3, 0.4) is 0 Å². The molecular formula is C71H51BN4. The van der Waals surface area contributed by atoms with Gasteiger partial charge in [0.25, 0.3) is 6.71 Å². The van der Waals surface area contributed by atoms with Gasteiger partial charge in [0.05, 0.1) is 11.4 Å². The molecule has 0 amide bonds. The van der Waals surface area contributed by atoms with Crippen molar-refractivity contribution in [3.8, 4) is 67.3 Å². The summed E-state index contributed by atoms with van der Waals surface area (Å²) in [5, 5.41) is 0. The minimum Gasteiger partial charge on any atom is -0.311 e. The molecule has 11 aromatic rings. The van der Waals surface area contributed by atoms with Crippen molar-refractivity contribution >= 4 is 62.8 Å². The van der Waals surface area contributed by atoms with Crippen molar-refractivity contribution in [2.24, 2.45) is 0 Å². The number of fused-ring (bicyclic) bond motifs is 4. The van der Waals surface area contributed by atoms with Gasteiger partial charge < -0.3 is 9.80 Å². The Kier molecular flexibility index (Phi) is 12.0. The van der Waals surface area contributed by atoms with E-state index in [1.54, 1.807) is 0 Å². The summed E-state index contributed by atoms with van der Waals surface area (Å²) >= 11 is 0. The van der Waals surface area contributed by atoms with E-state index < -0.39 is 0 Å². The average Bonchev–Trinajstić information content (AvgIpc) is 3.53. The smallest absolute Gasteiger partial charge is 0.252 e. The van der Waals surface area contributed by atoms with Crippen LogP contribution < -0.4 is 26.2 Å². The Balaban J connectivity index is 1.12. The third-order valence-corrected chi connectivity index (χ3v) is 14.8. The van der Waals surface area contributed by atoms with Gasteiger partial charge in [0.2, 0.25) is 0 Å². The molecule has 0 aliphatic carbocycles. The van der Waals surface area contributed by atoms with Gasteiger partial charge in [-0.2, -0.15) is 0 Å². The maximum absolute atomic E-state index is 5.48. The van der Waals surface area contributed by atoms with Gasteiger partial charge in [-0.15, -0.1) is 0 Å². The molecule has 358 valence electrons. The molecular weight excluding hydrogens is 920 g/mol. The van der Waals surface area contributed by atoms with Crippen LogP contribution in [-0.2, 0) is 0 Å². The van der Waals surface area contributed by atoms with E-state index in [1.165, 1.54) is 38.6 Å². The van der Waals surface area contributed by atoms with Crippen LogP contribution in [-0.4, -0.2) is 16.7 Å². The first-order valence-corrected chi connectivity index (χ1v) is 26.0. The van der Waals surface area contributed by atoms with Crippen molar-refractivity contribution in [1.29, 1.82) is 0 Å². The van der Waals surface area contributed by atoms with Gasteiger partial charge in [0.15, 0.2) is 5.82 Å². The normalized spacial score (nSPS) is 12.5. The lowest BCUT2D eigenvalue weighted by atomic mass is 9.33. The van der Waals surface area contributed by atoms with Gasteiger partial charge in [-0.05, 0) is 122 Å². The number of hydrogen-bond acceptors (Lipinski definition) is 4. The molecule has 0 saturated heterocycles. The number of nitrogens with zero attached hydrogens (tertiary/aromatic N) is 4. The van der Waals surface area contributed by atoms with Crippen LogP contribution in [0.4, 0.5) is 34.1 Å². The summed E-state index contributed by atoms with van der Waals surface area (Å²) in [6.07, 6.45) is 8.21. The zero-order valence-corrected chi connectivity index (χ0v) is 42.1. The van der Waals surface area contributed by atoms with E-state index in [0.717, 1.165) is 84.5 Å². The number of benzene rings is 10. The molecule has 0 spiro atoms. The molecule has 76 heavy (non-hydrogen) atoms. The van der Waals surface area contributed by atoms with Crippen molar-refractivity contribution in [2.75, 3.05) is 9.80 Å². The third-order valence-electron chi connectivity index (χ3n) is 14.8. The fraction of sp³-hybridized carbons (Fsp3) is 0.0141. The van der Waals surface area contributed by atoms with Crippen LogP contribution in [0.2, 0.25) is 0 Å². The minimum absolute atomic E-state index is 0.154. The molecule has 0 bridgehead atoms. The van der Waals surface area contributed by atoms with Gasteiger partial charge in [-0.1, -0.05) is 231 Å². The molecule has 1 aromatic heterocycles. The van der Waals surface area contributed by atoms with Gasteiger partial charge in [-0.25, -0.2) is 9.97 Å². The van der Waals surface area contributed by atoms with Crippen LogP contribution >= 0.6 is 0 Å².